The van der Waals surface area contributed by atoms with Gasteiger partial charge in [0, 0.05) is 18.6 Å². The van der Waals surface area contributed by atoms with Crippen LogP contribution in [0.2, 0.25) is 0 Å². The number of hydrogen-bond donors (Lipinski definition) is 1. The van der Waals surface area contributed by atoms with E-state index in [1.165, 1.54) is 37.2 Å². The van der Waals surface area contributed by atoms with Gasteiger partial charge in [0.05, 0.1) is 11.9 Å². The van der Waals surface area contributed by atoms with Crippen LogP contribution in [0.5, 0.6) is 0 Å². The maximum Gasteiger partial charge on any atom is 0.236 e. The van der Waals surface area contributed by atoms with E-state index in [9.17, 15) is 4.79 Å². The fourth-order valence-corrected chi connectivity index (χ4v) is 1.18. The lowest BCUT2D eigenvalue weighted by Gasteiger charge is -2.01. The van der Waals surface area contributed by atoms with Gasteiger partial charge in [0.1, 0.15) is 12.0 Å². The molecule has 17 heavy (non-hydrogen) atoms. The summed E-state index contributed by atoms with van der Waals surface area (Å²) in [6.07, 6.45) is 6.80. The Morgan fingerprint density at radius 2 is 2.00 bits per heavy atom. The van der Waals surface area contributed by atoms with E-state index in [-0.39, 0.29) is 17.1 Å². The average molecular weight is 229 g/mol. The van der Waals surface area contributed by atoms with Crippen LogP contribution in [0.1, 0.15) is 16.2 Å². The molecule has 0 aliphatic carbocycles. The van der Waals surface area contributed by atoms with Crippen LogP contribution in [0, 0.1) is 0 Å². The second-order valence-electron chi connectivity index (χ2n) is 2.96. The predicted molar refractivity (Wildman–Crippen MR) is 56.7 cm³/mol. The molecule has 7 heteroatoms. The molecule has 0 aliphatic heterocycles. The summed E-state index contributed by atoms with van der Waals surface area (Å²) in [5.74, 6) is -0.556. The lowest BCUT2D eigenvalue weighted by Crippen LogP contribution is -2.18. The lowest BCUT2D eigenvalue weighted by molar-refractivity contribution is 0.105. The molecule has 0 unspecified atom stereocenters. The molecule has 0 fully saturated rings. The molecule has 0 amide bonds. The Bertz CT molecular complexity index is 541. The van der Waals surface area contributed by atoms with Crippen LogP contribution in [-0.4, -0.2) is 36.6 Å². The summed E-state index contributed by atoms with van der Waals surface area (Å²) < 4.78 is 0. The molecule has 84 valence electrons. The van der Waals surface area contributed by atoms with Crippen LogP contribution in [0.25, 0.3) is 0 Å². The van der Waals surface area contributed by atoms with E-state index < -0.39 is 5.78 Å². The number of Topliss-reactive ketones (excluding diaryl/α,β-unsaturated/α-hetero) is 1. The van der Waals surface area contributed by atoms with E-state index in [1.54, 1.807) is 0 Å². The maximum atomic E-state index is 11.9. The number of hydrogen-bond acceptors (Lipinski definition) is 7. The second kappa shape index (κ2) is 4.88. The van der Waals surface area contributed by atoms with Crippen molar-refractivity contribution >= 4 is 11.5 Å². The van der Waals surface area contributed by atoms with Crippen molar-refractivity contribution in [2.24, 2.45) is 5.16 Å². The minimum Gasteiger partial charge on any atom is -0.410 e. The number of aromatic nitrogens is 4. The van der Waals surface area contributed by atoms with Crippen LogP contribution in [0.4, 0.5) is 0 Å². The molecule has 2 aromatic rings. The van der Waals surface area contributed by atoms with Gasteiger partial charge in [-0.15, -0.1) is 0 Å². The van der Waals surface area contributed by atoms with Crippen molar-refractivity contribution < 1.29 is 10.0 Å². The highest BCUT2D eigenvalue weighted by Crippen LogP contribution is 2.02. The van der Waals surface area contributed by atoms with Crippen molar-refractivity contribution in [2.75, 3.05) is 0 Å². The molecule has 0 saturated carbocycles. The topological polar surface area (TPSA) is 101 Å². The number of ketones is 1. The average Bonchev–Trinajstić information content (AvgIpc) is 2.42. The summed E-state index contributed by atoms with van der Waals surface area (Å²) in [6, 6.07) is 1.46. The van der Waals surface area contributed by atoms with Gasteiger partial charge in [-0.05, 0) is 6.07 Å². The van der Waals surface area contributed by atoms with Gasteiger partial charge in [0.25, 0.3) is 0 Å². The minimum absolute atomic E-state index is 0.0823. The molecule has 0 radical (unpaired) electrons. The van der Waals surface area contributed by atoms with Crippen molar-refractivity contribution in [1.82, 2.24) is 19.9 Å². The fraction of sp³-hybridized carbons (Fsp3) is 0. The molecule has 0 spiro atoms. The quantitative estimate of drug-likeness (QED) is 0.352. The van der Waals surface area contributed by atoms with Crippen LogP contribution < -0.4 is 0 Å². The van der Waals surface area contributed by atoms with Crippen molar-refractivity contribution in [3.63, 3.8) is 0 Å². The summed E-state index contributed by atoms with van der Waals surface area (Å²) in [4.78, 5) is 27.0. The first-order valence-electron chi connectivity index (χ1n) is 4.62. The molecule has 0 atom stereocenters. The SMILES string of the molecule is O=C(/C(=N/O)c1ccncn1)c1cnccn1. The highest BCUT2D eigenvalue weighted by atomic mass is 16.4. The van der Waals surface area contributed by atoms with Gasteiger partial charge >= 0.3 is 0 Å². The first kappa shape index (κ1) is 10.8. The molecule has 0 aliphatic rings. The van der Waals surface area contributed by atoms with Gasteiger partial charge in [0.15, 0.2) is 5.71 Å². The van der Waals surface area contributed by atoms with E-state index in [2.05, 4.69) is 25.1 Å². The largest absolute Gasteiger partial charge is 0.410 e. The lowest BCUT2D eigenvalue weighted by atomic mass is 10.1. The molecular formula is C10H7N5O2. The van der Waals surface area contributed by atoms with Crippen LogP contribution in [0.15, 0.2) is 42.3 Å². The first-order chi connectivity index (χ1) is 8.33. The van der Waals surface area contributed by atoms with Gasteiger partial charge < -0.3 is 5.21 Å². The first-order valence-corrected chi connectivity index (χ1v) is 4.62. The number of nitrogens with zero attached hydrogens (tertiary/aromatic N) is 5. The van der Waals surface area contributed by atoms with E-state index in [0.717, 1.165) is 0 Å². The van der Waals surface area contributed by atoms with Gasteiger partial charge in [-0.3, -0.25) is 9.78 Å². The predicted octanol–water partition coefficient (Wildman–Crippen LogP) is 0.328. The molecular weight excluding hydrogens is 222 g/mol. The third kappa shape index (κ3) is 2.28. The summed E-state index contributed by atoms with van der Waals surface area (Å²) in [7, 11) is 0. The zero-order valence-corrected chi connectivity index (χ0v) is 8.56. The zero-order chi connectivity index (χ0) is 12.1. The molecule has 0 bridgehead atoms. The van der Waals surface area contributed by atoms with E-state index in [4.69, 9.17) is 5.21 Å². The summed E-state index contributed by atoms with van der Waals surface area (Å²) in [5, 5.41) is 11.8. The second-order valence-corrected chi connectivity index (χ2v) is 2.96. The van der Waals surface area contributed by atoms with Crippen LogP contribution in [-0.2, 0) is 0 Å². The fourth-order valence-electron chi connectivity index (χ4n) is 1.18. The van der Waals surface area contributed by atoms with Crippen LogP contribution >= 0.6 is 0 Å². The molecule has 0 aromatic carbocycles. The Labute approximate surface area is 95.9 Å². The molecule has 2 rings (SSSR count). The minimum atomic E-state index is -0.556. The number of rotatable bonds is 3. The Morgan fingerprint density at radius 1 is 1.12 bits per heavy atom. The Balaban J connectivity index is 2.37. The Hall–Kier alpha value is -2.70. The number of oxime groups is 1. The molecule has 0 saturated heterocycles. The highest BCUT2D eigenvalue weighted by Gasteiger charge is 2.19. The smallest absolute Gasteiger partial charge is 0.236 e. The number of carbonyl (C=O) groups is 1. The summed E-state index contributed by atoms with van der Waals surface area (Å²) >= 11 is 0. The summed E-state index contributed by atoms with van der Waals surface area (Å²) in [6.45, 7) is 0. The third-order valence-corrected chi connectivity index (χ3v) is 1.94. The monoisotopic (exact) mass is 229 g/mol. The van der Waals surface area contributed by atoms with Crippen LogP contribution in [0.3, 0.4) is 0 Å². The molecule has 2 heterocycles. The molecule has 7 nitrogen and oxygen atoms in total. The van der Waals surface area contributed by atoms with Gasteiger partial charge in [-0.25, -0.2) is 15.0 Å². The standard InChI is InChI=1S/C10H7N5O2/c16-10(8-5-11-3-4-13-8)9(15-17)7-1-2-12-6-14-7/h1-6,17H/b15-9+. The number of carbonyl (C=O) groups excluding carboxylic acids is 1. The zero-order valence-electron chi connectivity index (χ0n) is 8.56. The Morgan fingerprint density at radius 3 is 2.59 bits per heavy atom. The van der Waals surface area contributed by atoms with E-state index >= 15 is 0 Å². The van der Waals surface area contributed by atoms with Gasteiger partial charge in [0.2, 0.25) is 5.78 Å². The normalized spacial score (nSPS) is 11.2. The van der Waals surface area contributed by atoms with Gasteiger partial charge in [-0.1, -0.05) is 5.16 Å². The summed E-state index contributed by atoms with van der Waals surface area (Å²) in [5.41, 5.74) is 0.102. The van der Waals surface area contributed by atoms with Crippen molar-refractivity contribution in [2.45, 2.75) is 0 Å². The van der Waals surface area contributed by atoms with E-state index in [0.29, 0.717) is 0 Å². The third-order valence-electron chi connectivity index (χ3n) is 1.94. The van der Waals surface area contributed by atoms with E-state index in [1.807, 2.05) is 0 Å². The molecule has 1 N–H and O–H groups in total. The Kier molecular flexibility index (Phi) is 3.10. The maximum absolute atomic E-state index is 11.9. The van der Waals surface area contributed by atoms with Crippen molar-refractivity contribution in [3.8, 4) is 0 Å². The van der Waals surface area contributed by atoms with Gasteiger partial charge in [-0.2, -0.15) is 0 Å². The highest BCUT2D eigenvalue weighted by molar-refractivity contribution is 6.50. The molecule has 2 aromatic heterocycles. The van der Waals surface area contributed by atoms with Crippen molar-refractivity contribution in [3.05, 3.63) is 48.6 Å². The van der Waals surface area contributed by atoms with Crippen molar-refractivity contribution in [1.29, 1.82) is 0 Å².